The molecule has 15 heavy (non-hydrogen) atoms. The molecule has 0 aromatic carbocycles. The molecule has 0 fully saturated rings. The minimum absolute atomic E-state index is 0.134. The number of hydrogen-bond donors (Lipinski definition) is 2. The van der Waals surface area contributed by atoms with E-state index < -0.39 is 17.7 Å². The molecular weight excluding hydrogens is 199 g/mol. The van der Waals surface area contributed by atoms with Gasteiger partial charge in [0.05, 0.1) is 0 Å². The third-order valence-electron chi connectivity index (χ3n) is 1.79. The number of carbonyl (C=O) groups is 2. The highest BCUT2D eigenvalue weighted by Crippen LogP contribution is 2.05. The third-order valence-corrected chi connectivity index (χ3v) is 1.79. The lowest BCUT2D eigenvalue weighted by Gasteiger charge is -2.13. The van der Waals surface area contributed by atoms with Crippen LogP contribution in [0.2, 0.25) is 0 Å². The summed E-state index contributed by atoms with van der Waals surface area (Å²) in [6.07, 6.45) is 1.74. The molecule has 0 radical (unpaired) electrons. The van der Waals surface area contributed by atoms with Crippen LogP contribution in [-0.2, 0) is 9.59 Å². The van der Waals surface area contributed by atoms with Crippen LogP contribution in [0.25, 0.3) is 0 Å². The Kier molecular flexibility index (Phi) is 6.53. The van der Waals surface area contributed by atoms with Crippen molar-refractivity contribution in [1.29, 1.82) is 0 Å². The van der Waals surface area contributed by atoms with Crippen molar-refractivity contribution in [1.82, 2.24) is 10.9 Å². The van der Waals surface area contributed by atoms with E-state index in [0.29, 0.717) is 0 Å². The average Bonchev–Trinajstić information content (AvgIpc) is 2.21. The highest BCUT2D eigenvalue weighted by molar-refractivity contribution is 6.38. The number of hydrogen-bond acceptors (Lipinski definition) is 3. The monoisotopic (exact) mass is 216 g/mol. The van der Waals surface area contributed by atoms with Gasteiger partial charge >= 0.3 is 0 Å². The molecular formula is C10H17FN2O2. The largest absolute Gasteiger partial charge is 0.346 e. The Morgan fingerprint density at radius 3 is 2.47 bits per heavy atom. The van der Waals surface area contributed by atoms with E-state index in [9.17, 15) is 14.1 Å². The first-order valence-corrected chi connectivity index (χ1v) is 4.82. The van der Waals surface area contributed by atoms with Gasteiger partial charge in [0.15, 0.2) is 0 Å². The summed E-state index contributed by atoms with van der Waals surface area (Å²) in [5, 5.41) is 2.31. The van der Waals surface area contributed by atoms with Crippen LogP contribution in [0, 0.1) is 5.92 Å². The summed E-state index contributed by atoms with van der Waals surface area (Å²) < 4.78 is 12.3. The molecule has 5 heteroatoms. The summed E-state index contributed by atoms with van der Waals surface area (Å²) in [6, 6.07) is -1.06. The van der Waals surface area contributed by atoms with Crippen LogP contribution in [0.15, 0.2) is 12.7 Å². The highest BCUT2D eigenvalue weighted by Gasteiger charge is 2.25. The fourth-order valence-corrected chi connectivity index (χ4v) is 1.08. The van der Waals surface area contributed by atoms with E-state index in [1.165, 1.54) is 11.6 Å². The number of ketones is 1. The molecule has 1 amide bonds. The molecule has 0 heterocycles. The number of rotatable bonds is 7. The molecule has 0 aliphatic rings. The molecule has 0 aliphatic heterocycles. The minimum atomic E-state index is -1.06. The van der Waals surface area contributed by atoms with Gasteiger partial charge in [0.2, 0.25) is 5.78 Å². The van der Waals surface area contributed by atoms with Crippen molar-refractivity contribution >= 4 is 11.7 Å². The van der Waals surface area contributed by atoms with Gasteiger partial charge in [-0.05, 0) is 12.3 Å². The van der Waals surface area contributed by atoms with E-state index in [1.807, 2.05) is 13.8 Å². The van der Waals surface area contributed by atoms with Crippen LogP contribution < -0.4 is 10.9 Å². The molecule has 0 aliphatic carbocycles. The fraction of sp³-hybridized carbons (Fsp3) is 0.600. The van der Waals surface area contributed by atoms with Crippen molar-refractivity contribution in [3.63, 3.8) is 0 Å². The maximum atomic E-state index is 12.3. The SMILES string of the molecule is C=CCNC(=O)C(=O)C(CC(C)C)NF. The molecule has 1 unspecified atom stereocenters. The van der Waals surface area contributed by atoms with Crippen molar-refractivity contribution < 1.29 is 14.1 Å². The molecule has 0 saturated carbocycles. The summed E-state index contributed by atoms with van der Waals surface area (Å²) in [6.45, 7) is 7.28. The van der Waals surface area contributed by atoms with Crippen molar-refractivity contribution in [2.24, 2.45) is 5.92 Å². The van der Waals surface area contributed by atoms with Crippen LogP contribution in [-0.4, -0.2) is 24.3 Å². The lowest BCUT2D eigenvalue weighted by molar-refractivity contribution is -0.140. The standard InChI is InChI=1S/C10H17FN2O2/c1-4-5-12-10(15)9(14)8(13-11)6-7(2)3/h4,7-8,13H,1,5-6H2,2-3H3,(H,12,15). The van der Waals surface area contributed by atoms with E-state index >= 15 is 0 Å². The quantitative estimate of drug-likeness (QED) is 0.375. The predicted molar refractivity (Wildman–Crippen MR) is 55.7 cm³/mol. The van der Waals surface area contributed by atoms with Gasteiger partial charge in [-0.25, -0.2) is 0 Å². The van der Waals surface area contributed by atoms with Gasteiger partial charge in [-0.1, -0.05) is 19.9 Å². The Bertz CT molecular complexity index is 242. The second-order valence-electron chi connectivity index (χ2n) is 3.65. The van der Waals surface area contributed by atoms with Crippen molar-refractivity contribution in [3.8, 4) is 0 Å². The Morgan fingerprint density at radius 2 is 2.07 bits per heavy atom. The molecule has 0 bridgehead atoms. The van der Waals surface area contributed by atoms with Gasteiger partial charge in [0, 0.05) is 6.54 Å². The van der Waals surface area contributed by atoms with Gasteiger partial charge in [0.25, 0.3) is 5.91 Å². The first-order chi connectivity index (χ1) is 7.02. The summed E-state index contributed by atoms with van der Waals surface area (Å²) in [5.74, 6) is -1.44. The zero-order valence-corrected chi connectivity index (χ0v) is 9.05. The van der Waals surface area contributed by atoms with Crippen molar-refractivity contribution in [2.45, 2.75) is 26.3 Å². The zero-order chi connectivity index (χ0) is 11.8. The smallest absolute Gasteiger partial charge is 0.289 e. The van der Waals surface area contributed by atoms with Crippen molar-refractivity contribution in [3.05, 3.63) is 12.7 Å². The molecule has 0 aromatic rings. The first-order valence-electron chi connectivity index (χ1n) is 4.82. The Balaban J connectivity index is 4.24. The van der Waals surface area contributed by atoms with Crippen LogP contribution in [0.1, 0.15) is 20.3 Å². The lowest BCUT2D eigenvalue weighted by Crippen LogP contribution is -2.43. The zero-order valence-electron chi connectivity index (χ0n) is 9.05. The molecule has 0 aromatic heterocycles. The van der Waals surface area contributed by atoms with Crippen LogP contribution in [0.3, 0.4) is 0 Å². The number of nitrogens with one attached hydrogen (secondary N) is 2. The summed E-state index contributed by atoms with van der Waals surface area (Å²) >= 11 is 0. The summed E-state index contributed by atoms with van der Waals surface area (Å²) in [4.78, 5) is 22.5. The molecule has 2 N–H and O–H groups in total. The molecule has 0 rings (SSSR count). The third kappa shape index (κ3) is 5.27. The first kappa shape index (κ1) is 13.8. The van der Waals surface area contributed by atoms with Crippen LogP contribution in [0.4, 0.5) is 4.48 Å². The number of Topliss-reactive ketones (excluding diaryl/α,β-unsaturated/α-hetero) is 1. The van der Waals surface area contributed by atoms with Gasteiger partial charge in [-0.2, -0.15) is 0 Å². The number of amides is 1. The maximum absolute atomic E-state index is 12.3. The van der Waals surface area contributed by atoms with Gasteiger partial charge < -0.3 is 5.32 Å². The second kappa shape index (κ2) is 7.11. The van der Waals surface area contributed by atoms with Crippen molar-refractivity contribution in [2.75, 3.05) is 6.54 Å². The molecule has 86 valence electrons. The predicted octanol–water partition coefficient (Wildman–Crippen LogP) is 0.746. The Hall–Kier alpha value is -1.23. The van der Waals surface area contributed by atoms with Gasteiger partial charge in [-0.15, -0.1) is 16.6 Å². The molecule has 4 nitrogen and oxygen atoms in total. The van der Waals surface area contributed by atoms with E-state index in [0.717, 1.165) is 0 Å². The summed E-state index contributed by atoms with van der Waals surface area (Å²) in [7, 11) is 0. The van der Waals surface area contributed by atoms with Gasteiger partial charge in [0.1, 0.15) is 6.04 Å². The lowest BCUT2D eigenvalue weighted by atomic mass is 10.0. The normalized spacial score (nSPS) is 12.3. The van der Waals surface area contributed by atoms with E-state index in [4.69, 9.17) is 0 Å². The van der Waals surface area contributed by atoms with Crippen LogP contribution in [0.5, 0.6) is 0 Å². The number of carbonyl (C=O) groups excluding carboxylic acids is 2. The van der Waals surface area contributed by atoms with E-state index in [2.05, 4.69) is 11.9 Å². The fourth-order valence-electron chi connectivity index (χ4n) is 1.08. The molecule has 0 saturated heterocycles. The Labute approximate surface area is 88.9 Å². The van der Waals surface area contributed by atoms with Gasteiger partial charge in [-0.3, -0.25) is 9.59 Å². The molecule has 1 atom stereocenters. The Morgan fingerprint density at radius 1 is 1.47 bits per heavy atom. The second-order valence-corrected chi connectivity index (χ2v) is 3.65. The van der Waals surface area contributed by atoms with Crippen LogP contribution >= 0.6 is 0 Å². The maximum Gasteiger partial charge on any atom is 0.289 e. The van der Waals surface area contributed by atoms with E-state index in [1.54, 1.807) is 0 Å². The number of halogens is 1. The molecule has 0 spiro atoms. The average molecular weight is 216 g/mol. The summed E-state index contributed by atoms with van der Waals surface area (Å²) in [5.41, 5.74) is 1.35. The van der Waals surface area contributed by atoms with E-state index in [-0.39, 0.29) is 18.9 Å². The minimum Gasteiger partial charge on any atom is -0.346 e. The highest BCUT2D eigenvalue weighted by atomic mass is 19.2. The topological polar surface area (TPSA) is 58.2 Å².